The van der Waals surface area contributed by atoms with Crippen LogP contribution in [0.2, 0.25) is 0 Å². The molecule has 0 radical (unpaired) electrons. The minimum absolute atomic E-state index is 0.383. The van der Waals surface area contributed by atoms with Gasteiger partial charge in [0.05, 0.1) is 12.2 Å². The predicted octanol–water partition coefficient (Wildman–Crippen LogP) is 2.58. The van der Waals surface area contributed by atoms with Crippen LogP contribution < -0.4 is 11.1 Å². The van der Waals surface area contributed by atoms with Gasteiger partial charge in [-0.25, -0.2) is 15.0 Å². The first kappa shape index (κ1) is 15.0. The van der Waals surface area contributed by atoms with E-state index in [2.05, 4.69) is 39.3 Å². The number of guanidine groups is 1. The third-order valence-corrected chi connectivity index (χ3v) is 3.07. The van der Waals surface area contributed by atoms with Crippen molar-refractivity contribution in [2.75, 3.05) is 5.32 Å². The Kier molecular flexibility index (Phi) is 4.87. The molecular weight excluding hydrogens is 262 g/mol. The average molecular weight is 283 g/mol. The van der Waals surface area contributed by atoms with Gasteiger partial charge >= 0.3 is 0 Å². The largest absolute Gasteiger partial charge is 0.370 e. The summed E-state index contributed by atoms with van der Waals surface area (Å²) >= 11 is 0. The molecule has 110 valence electrons. The Morgan fingerprint density at radius 3 is 2.52 bits per heavy atom. The highest BCUT2D eigenvalue weighted by Crippen LogP contribution is 2.09. The number of nitrogens with one attached hydrogen (secondary N) is 1. The van der Waals surface area contributed by atoms with E-state index < -0.39 is 0 Å². The van der Waals surface area contributed by atoms with Gasteiger partial charge in [-0.1, -0.05) is 19.1 Å². The molecule has 0 spiro atoms. The van der Waals surface area contributed by atoms with E-state index in [0.29, 0.717) is 12.5 Å². The van der Waals surface area contributed by atoms with Crippen molar-refractivity contribution in [1.82, 2.24) is 9.97 Å². The number of nitrogens with zero attached hydrogens (tertiary/aromatic N) is 3. The molecular formula is C16H21N5. The van der Waals surface area contributed by atoms with Crippen LogP contribution in [0.5, 0.6) is 0 Å². The summed E-state index contributed by atoms with van der Waals surface area (Å²) in [5, 5.41) is 3.08. The Balaban J connectivity index is 2.00. The van der Waals surface area contributed by atoms with Crippen molar-refractivity contribution in [1.29, 1.82) is 0 Å². The lowest BCUT2D eigenvalue weighted by atomic mass is 10.1. The lowest BCUT2D eigenvalue weighted by Crippen LogP contribution is -2.22. The Labute approximate surface area is 125 Å². The lowest BCUT2D eigenvalue weighted by molar-refractivity contribution is 0.906. The molecule has 0 saturated heterocycles. The summed E-state index contributed by atoms with van der Waals surface area (Å²) in [5.41, 5.74) is 9.93. The number of aliphatic imine (C=N–C) groups is 1. The van der Waals surface area contributed by atoms with Crippen LogP contribution in [0.15, 0.2) is 35.3 Å². The maximum absolute atomic E-state index is 5.90. The number of nitrogens with two attached hydrogens (primary N) is 1. The second kappa shape index (κ2) is 6.83. The number of rotatable bonds is 4. The standard InChI is InChI=1S/C16H21N5/c1-4-13-5-7-14(8-6-13)21-16(17)18-10-15-9-11(2)19-12(3)20-15/h5-9H,4,10H2,1-3H3,(H3,17,18,21). The van der Waals surface area contributed by atoms with E-state index in [1.165, 1.54) is 5.56 Å². The smallest absolute Gasteiger partial charge is 0.193 e. The van der Waals surface area contributed by atoms with Crippen molar-refractivity contribution in [3.05, 3.63) is 53.1 Å². The van der Waals surface area contributed by atoms with Crippen molar-refractivity contribution >= 4 is 11.6 Å². The van der Waals surface area contributed by atoms with E-state index in [-0.39, 0.29) is 0 Å². The molecule has 0 amide bonds. The summed E-state index contributed by atoms with van der Waals surface area (Å²) in [7, 11) is 0. The summed E-state index contributed by atoms with van der Waals surface area (Å²) in [6.45, 7) is 6.38. The van der Waals surface area contributed by atoms with Gasteiger partial charge in [0.15, 0.2) is 5.96 Å². The summed E-state index contributed by atoms with van der Waals surface area (Å²) in [6, 6.07) is 10.1. The van der Waals surface area contributed by atoms with Crippen LogP contribution in [0.1, 0.15) is 29.7 Å². The van der Waals surface area contributed by atoms with Crippen LogP contribution in [0, 0.1) is 13.8 Å². The summed E-state index contributed by atoms with van der Waals surface area (Å²) in [6.07, 6.45) is 1.02. The van der Waals surface area contributed by atoms with Crippen molar-refractivity contribution in [2.24, 2.45) is 10.7 Å². The van der Waals surface area contributed by atoms with E-state index in [4.69, 9.17) is 5.73 Å². The molecule has 3 N–H and O–H groups in total. The molecule has 0 saturated carbocycles. The molecule has 0 atom stereocenters. The van der Waals surface area contributed by atoms with E-state index in [1.807, 2.05) is 32.0 Å². The third kappa shape index (κ3) is 4.56. The molecule has 0 fully saturated rings. The van der Waals surface area contributed by atoms with E-state index in [0.717, 1.165) is 29.3 Å². The van der Waals surface area contributed by atoms with E-state index in [9.17, 15) is 0 Å². The average Bonchev–Trinajstić information content (AvgIpc) is 2.45. The molecule has 2 aromatic rings. The quantitative estimate of drug-likeness (QED) is 0.668. The molecule has 1 heterocycles. The van der Waals surface area contributed by atoms with E-state index in [1.54, 1.807) is 0 Å². The van der Waals surface area contributed by atoms with Gasteiger partial charge in [0.2, 0.25) is 0 Å². The van der Waals surface area contributed by atoms with Gasteiger partial charge in [0, 0.05) is 11.4 Å². The molecule has 0 aliphatic rings. The predicted molar refractivity (Wildman–Crippen MR) is 86.3 cm³/mol. The maximum Gasteiger partial charge on any atom is 0.193 e. The number of hydrogen-bond donors (Lipinski definition) is 2. The Morgan fingerprint density at radius 1 is 1.19 bits per heavy atom. The van der Waals surface area contributed by atoms with Gasteiger partial charge in [-0.2, -0.15) is 0 Å². The van der Waals surface area contributed by atoms with Crippen molar-refractivity contribution < 1.29 is 0 Å². The topological polar surface area (TPSA) is 76.2 Å². The zero-order chi connectivity index (χ0) is 15.2. The van der Waals surface area contributed by atoms with Gasteiger partial charge in [0.25, 0.3) is 0 Å². The number of aromatic nitrogens is 2. The van der Waals surface area contributed by atoms with Crippen LogP contribution >= 0.6 is 0 Å². The van der Waals surface area contributed by atoms with E-state index >= 15 is 0 Å². The van der Waals surface area contributed by atoms with Crippen LogP contribution in [0.25, 0.3) is 0 Å². The van der Waals surface area contributed by atoms with Gasteiger partial charge in [-0.15, -0.1) is 0 Å². The summed E-state index contributed by atoms with van der Waals surface area (Å²) in [5.74, 6) is 1.13. The van der Waals surface area contributed by atoms with Crippen LogP contribution in [0.4, 0.5) is 5.69 Å². The number of anilines is 1. The molecule has 1 aromatic heterocycles. The first-order chi connectivity index (χ1) is 10.1. The zero-order valence-electron chi connectivity index (χ0n) is 12.7. The van der Waals surface area contributed by atoms with Gasteiger partial charge in [-0.05, 0) is 44.0 Å². The Hall–Kier alpha value is -2.43. The highest BCUT2D eigenvalue weighted by atomic mass is 15.1. The second-order valence-electron chi connectivity index (χ2n) is 4.92. The summed E-state index contributed by atoms with van der Waals surface area (Å²) < 4.78 is 0. The SMILES string of the molecule is CCc1ccc(NC(N)=NCc2cc(C)nc(C)n2)cc1. The molecule has 21 heavy (non-hydrogen) atoms. The molecule has 2 rings (SSSR count). The number of aryl methyl sites for hydroxylation is 3. The van der Waals surface area contributed by atoms with Gasteiger partial charge in [0.1, 0.15) is 5.82 Å². The number of hydrogen-bond acceptors (Lipinski definition) is 3. The number of benzene rings is 1. The first-order valence-electron chi connectivity index (χ1n) is 7.04. The minimum Gasteiger partial charge on any atom is -0.370 e. The fraction of sp³-hybridized carbons (Fsp3) is 0.312. The molecule has 5 heteroatoms. The summed E-state index contributed by atoms with van der Waals surface area (Å²) in [4.78, 5) is 12.9. The van der Waals surface area contributed by atoms with Gasteiger partial charge in [-0.3, -0.25) is 0 Å². The normalized spacial score (nSPS) is 11.5. The minimum atomic E-state index is 0.383. The monoisotopic (exact) mass is 283 g/mol. The zero-order valence-corrected chi connectivity index (χ0v) is 12.7. The molecule has 1 aromatic carbocycles. The fourth-order valence-electron chi connectivity index (χ4n) is 2.05. The first-order valence-corrected chi connectivity index (χ1v) is 7.04. The highest BCUT2D eigenvalue weighted by Gasteiger charge is 1.99. The Bertz CT molecular complexity index is 611. The van der Waals surface area contributed by atoms with Crippen molar-refractivity contribution in [3.8, 4) is 0 Å². The maximum atomic E-state index is 5.90. The molecule has 0 aliphatic carbocycles. The fourth-order valence-corrected chi connectivity index (χ4v) is 2.05. The van der Waals surface area contributed by atoms with Crippen LogP contribution in [0.3, 0.4) is 0 Å². The third-order valence-electron chi connectivity index (χ3n) is 3.07. The molecule has 0 aliphatic heterocycles. The lowest BCUT2D eigenvalue weighted by Gasteiger charge is -2.06. The Morgan fingerprint density at radius 2 is 1.90 bits per heavy atom. The molecule has 0 bridgehead atoms. The molecule has 5 nitrogen and oxygen atoms in total. The van der Waals surface area contributed by atoms with Crippen molar-refractivity contribution in [2.45, 2.75) is 33.7 Å². The van der Waals surface area contributed by atoms with Gasteiger partial charge < -0.3 is 11.1 Å². The van der Waals surface area contributed by atoms with Crippen molar-refractivity contribution in [3.63, 3.8) is 0 Å². The highest BCUT2D eigenvalue weighted by molar-refractivity contribution is 5.92. The second-order valence-corrected chi connectivity index (χ2v) is 4.92. The van der Waals surface area contributed by atoms with Crippen LogP contribution in [-0.4, -0.2) is 15.9 Å². The molecule has 0 unspecified atom stereocenters. The van der Waals surface area contributed by atoms with Crippen LogP contribution in [-0.2, 0) is 13.0 Å².